The molecule has 0 aromatic heterocycles. The van der Waals surface area contributed by atoms with Gasteiger partial charge in [0.05, 0.1) is 0 Å². The van der Waals surface area contributed by atoms with Crippen LogP contribution in [0.3, 0.4) is 0 Å². The topological polar surface area (TPSA) is 0 Å². The van der Waals surface area contributed by atoms with Gasteiger partial charge in [-0.15, -0.1) is 12.8 Å². The molecule has 0 bridgehead atoms. The molecule has 2 heteroatoms. The summed E-state index contributed by atoms with van der Waals surface area (Å²) >= 11 is 0.329. The molecule has 1 unspecified atom stereocenters. The van der Waals surface area contributed by atoms with Crippen molar-refractivity contribution in [3.63, 3.8) is 0 Å². The van der Waals surface area contributed by atoms with E-state index < -0.39 is 0 Å². The van der Waals surface area contributed by atoms with Crippen molar-refractivity contribution in [2.24, 2.45) is 0 Å². The summed E-state index contributed by atoms with van der Waals surface area (Å²) in [5.41, 5.74) is 1.56. The molecule has 0 heterocycles. The van der Waals surface area contributed by atoms with Gasteiger partial charge >= 0.3 is 67.7 Å². The molecule has 0 saturated carbocycles. The van der Waals surface area contributed by atoms with E-state index in [-0.39, 0.29) is 9.90 Å². The molecule has 0 spiro atoms. The first kappa shape index (κ1) is 21.8. The van der Waals surface area contributed by atoms with Gasteiger partial charge in [0.25, 0.3) is 0 Å². The van der Waals surface area contributed by atoms with Gasteiger partial charge in [0, 0.05) is 11.1 Å². The van der Waals surface area contributed by atoms with E-state index in [1.54, 1.807) is 0 Å². The summed E-state index contributed by atoms with van der Waals surface area (Å²) in [6, 6.07) is 7.40. The van der Waals surface area contributed by atoms with Crippen LogP contribution in [0.4, 0.5) is 0 Å². The van der Waals surface area contributed by atoms with Crippen molar-refractivity contribution < 1.29 is 18.6 Å². The van der Waals surface area contributed by atoms with Crippen molar-refractivity contribution in [3.05, 3.63) is 35.4 Å². The van der Waals surface area contributed by atoms with Crippen LogP contribution in [0.15, 0.2) is 24.3 Å². The van der Waals surface area contributed by atoms with E-state index in [0.29, 0.717) is 26.2 Å². The summed E-state index contributed by atoms with van der Waals surface area (Å²) < 4.78 is 1.19. The molecule has 0 aliphatic rings. The zero-order valence-electron chi connectivity index (χ0n) is 13.5. The number of benzene rings is 1. The second kappa shape index (κ2) is 9.40. The Morgan fingerprint density at radius 1 is 0.800 bits per heavy atom. The van der Waals surface area contributed by atoms with Gasteiger partial charge in [-0.3, -0.25) is 0 Å². The van der Waals surface area contributed by atoms with Crippen LogP contribution in [-0.4, -0.2) is 0 Å². The quantitative estimate of drug-likeness (QED) is 0.361. The molecule has 114 valence electrons. The molecule has 0 aliphatic carbocycles. The summed E-state index contributed by atoms with van der Waals surface area (Å²) in [4.78, 5) is 0. The maximum Gasteiger partial charge on any atom is -0.153 e. The van der Waals surface area contributed by atoms with Gasteiger partial charge in [-0.25, -0.2) is 0 Å². The van der Waals surface area contributed by atoms with Crippen LogP contribution in [0.2, 0.25) is 7.61 Å². The minimum Gasteiger partial charge on any atom is -0.153 e. The Morgan fingerprint density at radius 2 is 1.10 bits per heavy atom. The third-order valence-electron chi connectivity index (χ3n) is 1.71. The van der Waals surface area contributed by atoms with Gasteiger partial charge in [-0.2, -0.15) is 9.90 Å². The van der Waals surface area contributed by atoms with Crippen LogP contribution >= 0.6 is 9.90 Å². The Kier molecular flexibility index (Phi) is 10.2. The van der Waals surface area contributed by atoms with Crippen molar-refractivity contribution in [3.8, 4) is 24.7 Å². The van der Waals surface area contributed by atoms with E-state index in [1.165, 1.54) is 0 Å². The van der Waals surface area contributed by atoms with Gasteiger partial charge in [0.2, 0.25) is 0 Å². The van der Waals surface area contributed by atoms with E-state index in [1.807, 2.05) is 24.3 Å². The molecule has 0 saturated heterocycles. The number of rotatable bonds is 0. The Hall–Kier alpha value is -0.542. The van der Waals surface area contributed by atoms with Crippen LogP contribution in [-0.2, 0) is 18.6 Å². The maximum atomic E-state index is 5.18. The largest absolute Gasteiger partial charge is 0.153 e. The van der Waals surface area contributed by atoms with Crippen molar-refractivity contribution in [2.45, 2.75) is 49.2 Å². The average Bonchev–Trinajstić information content (AvgIpc) is 2.24. The fourth-order valence-electron chi connectivity index (χ4n) is 1.45. The molecule has 0 nitrogen and oxygen atoms in total. The summed E-state index contributed by atoms with van der Waals surface area (Å²) in [6.45, 7) is 14.0. The second-order valence-corrected chi connectivity index (χ2v) is 13.2. The first-order valence-corrected chi connectivity index (χ1v) is 8.49. The molecule has 0 N–H and O–H groups in total. The predicted molar refractivity (Wildman–Crippen MR) is 92.8 cm³/mol. The van der Waals surface area contributed by atoms with Crippen molar-refractivity contribution >= 4 is 9.90 Å². The van der Waals surface area contributed by atoms with Crippen LogP contribution < -0.4 is 0 Å². The third kappa shape index (κ3) is 11.3. The van der Waals surface area contributed by atoms with Gasteiger partial charge in [-0.1, -0.05) is 24.0 Å². The van der Waals surface area contributed by atoms with Gasteiger partial charge in [0.15, 0.2) is 0 Å². The zero-order chi connectivity index (χ0) is 15.1. The molecular weight excluding hydrogens is 442 g/mol. The van der Waals surface area contributed by atoms with Crippen molar-refractivity contribution in [2.75, 3.05) is 0 Å². The minimum absolute atomic E-state index is 0. The van der Waals surface area contributed by atoms with Crippen LogP contribution in [0.1, 0.15) is 52.7 Å². The molecule has 1 aromatic rings. The first-order chi connectivity index (χ1) is 8.59. The monoisotopic (exact) mass is 469 g/mol. The molecule has 1 rings (SSSR count). The number of terminal acetylenes is 2. The van der Waals surface area contributed by atoms with Gasteiger partial charge < -0.3 is 0 Å². The minimum atomic E-state index is 0. The van der Waals surface area contributed by atoms with Crippen LogP contribution in [0.25, 0.3) is 0 Å². The van der Waals surface area contributed by atoms with E-state index in [9.17, 15) is 0 Å². The predicted octanol–water partition coefficient (Wildman–Crippen LogP) is 5.21. The average molecular weight is 469 g/mol. The second-order valence-electron chi connectivity index (χ2n) is 5.86. The Bertz CT molecular complexity index is 431. The molecule has 0 aliphatic heterocycles. The fraction of sp³-hybridized carbons (Fsp3) is 0.444. The summed E-state index contributed by atoms with van der Waals surface area (Å²) in [7, 11) is 0. The molecule has 0 amide bonds. The van der Waals surface area contributed by atoms with E-state index in [4.69, 9.17) is 12.8 Å². The summed E-state index contributed by atoms with van der Waals surface area (Å²) in [5.74, 6) is 5.01. The molecule has 0 fully saturated rings. The van der Waals surface area contributed by atoms with E-state index in [0.717, 1.165) is 11.1 Å². The maximum absolute atomic E-state index is 5.18. The number of hydrogen-bond donors (Lipinski definition) is 0. The Balaban J connectivity index is 0. The molecule has 20 heavy (non-hydrogen) atoms. The van der Waals surface area contributed by atoms with E-state index in [2.05, 4.69) is 53.4 Å². The van der Waals surface area contributed by atoms with Gasteiger partial charge in [-0.05, 0) is 12.1 Å². The van der Waals surface area contributed by atoms with Crippen molar-refractivity contribution in [1.82, 2.24) is 0 Å². The van der Waals surface area contributed by atoms with Gasteiger partial charge in [0.1, 0.15) is 0 Å². The van der Waals surface area contributed by atoms with E-state index >= 15 is 0 Å². The van der Waals surface area contributed by atoms with Crippen LogP contribution in [0.5, 0.6) is 0 Å². The standard InChI is InChI=1S/C10H6.2C4H9.H3P.Pt/c1-3-9-7-5-6-8-10(9)4-2;2*1-4(2)3;;/h1-2,5-8H;2*1-3H3;1H3;. The summed E-state index contributed by atoms with van der Waals surface area (Å²) in [6.07, 6.45) is 10.4. The third-order valence-corrected chi connectivity index (χ3v) is 5.12. The zero-order valence-corrected chi connectivity index (χ0v) is 17.2. The first-order valence-electron chi connectivity index (χ1n) is 6.22. The molecule has 0 radical (unpaired) electrons. The molecule has 1 atom stereocenters. The van der Waals surface area contributed by atoms with Crippen LogP contribution in [0, 0.1) is 24.7 Å². The SMILES string of the molecule is C#Cc1ccccc1C#C.C[C](C)(C)[Pt][C](C)(C)C.P. The Labute approximate surface area is 137 Å². The smallest absolute Gasteiger partial charge is 0.153 e. The number of hydrogen-bond acceptors (Lipinski definition) is 0. The normalized spacial score (nSPS) is 10.4. The fourth-order valence-corrected chi connectivity index (χ4v) is 6.56. The summed E-state index contributed by atoms with van der Waals surface area (Å²) in [5, 5.41) is 0. The Morgan fingerprint density at radius 3 is 1.25 bits per heavy atom. The molecular formula is C18H27PPt. The van der Waals surface area contributed by atoms with Crippen molar-refractivity contribution in [1.29, 1.82) is 0 Å². The molecule has 1 aromatic carbocycles.